The van der Waals surface area contributed by atoms with Crippen LogP contribution >= 0.6 is 0 Å². The normalized spacial score (nSPS) is 29.7. The van der Waals surface area contributed by atoms with Gasteiger partial charge in [0, 0.05) is 24.3 Å². The summed E-state index contributed by atoms with van der Waals surface area (Å²) in [6.45, 7) is 0.168. The molecule has 2 heterocycles. The maximum absolute atomic E-state index is 12.2. The largest absolute Gasteiger partial charge is 0.485 e. The fraction of sp³-hybridized carbons (Fsp3) is 0.278. The summed E-state index contributed by atoms with van der Waals surface area (Å²) in [6.07, 6.45) is 11.1. The van der Waals surface area contributed by atoms with Gasteiger partial charge in [-0.2, -0.15) is 5.10 Å². The minimum atomic E-state index is -0.709. The number of hydrogen-bond acceptors (Lipinski definition) is 5. The predicted molar refractivity (Wildman–Crippen MR) is 90.5 cm³/mol. The third-order valence-electron chi connectivity index (χ3n) is 4.24. The van der Waals surface area contributed by atoms with Crippen molar-refractivity contribution in [2.75, 3.05) is 6.61 Å². The number of fused-ring (bicyclic) bond motifs is 2. The fourth-order valence-corrected chi connectivity index (χ4v) is 2.96. The third kappa shape index (κ3) is 2.82. The van der Waals surface area contributed by atoms with E-state index in [0.29, 0.717) is 11.5 Å². The molecular weight excluding hydrogens is 306 g/mol. The highest BCUT2D eigenvalue weighted by atomic mass is 16.6. The second-order valence-corrected chi connectivity index (χ2v) is 5.83. The first-order valence-electron chi connectivity index (χ1n) is 7.91. The highest BCUT2D eigenvalue weighted by molar-refractivity contribution is 5.88. The van der Waals surface area contributed by atoms with E-state index in [1.54, 1.807) is 12.3 Å². The lowest BCUT2D eigenvalue weighted by atomic mass is 9.88. The SMILES string of the molecule is O=C(N/N=C/C1C=NC2C=CC=CC12)C1COc2ccccc2O1. The molecule has 4 unspecified atom stereocenters. The zero-order valence-electron chi connectivity index (χ0n) is 12.9. The van der Waals surface area contributed by atoms with E-state index in [1.165, 1.54) is 0 Å². The Morgan fingerprint density at radius 1 is 1.25 bits per heavy atom. The average Bonchev–Trinajstić information content (AvgIpc) is 3.04. The van der Waals surface area contributed by atoms with Crippen LogP contribution in [0.3, 0.4) is 0 Å². The Morgan fingerprint density at radius 2 is 2.08 bits per heavy atom. The van der Waals surface area contributed by atoms with Crippen LogP contribution in [-0.2, 0) is 4.79 Å². The van der Waals surface area contributed by atoms with Gasteiger partial charge in [-0.3, -0.25) is 9.79 Å². The van der Waals surface area contributed by atoms with Gasteiger partial charge in [0.05, 0.1) is 6.04 Å². The summed E-state index contributed by atoms with van der Waals surface area (Å²) in [7, 11) is 0. The van der Waals surface area contributed by atoms with E-state index in [9.17, 15) is 4.79 Å². The number of para-hydroxylation sites is 2. The molecule has 0 aromatic heterocycles. The Hall–Kier alpha value is -2.89. The highest BCUT2D eigenvalue weighted by Crippen LogP contribution is 2.31. The number of nitrogens with zero attached hydrogens (tertiary/aromatic N) is 2. The summed E-state index contributed by atoms with van der Waals surface area (Å²) in [4.78, 5) is 16.6. The number of aliphatic imine (C=N–C) groups is 1. The fourth-order valence-electron chi connectivity index (χ4n) is 2.96. The van der Waals surface area contributed by atoms with Gasteiger partial charge in [0.2, 0.25) is 6.10 Å². The Kier molecular flexibility index (Phi) is 3.86. The molecule has 4 atom stereocenters. The van der Waals surface area contributed by atoms with Crippen molar-refractivity contribution in [1.82, 2.24) is 5.43 Å². The molecule has 24 heavy (non-hydrogen) atoms. The molecular formula is C18H17N3O3. The van der Waals surface area contributed by atoms with Crippen LogP contribution in [0.5, 0.6) is 11.5 Å². The smallest absolute Gasteiger partial charge is 0.284 e. The van der Waals surface area contributed by atoms with Crippen LogP contribution in [-0.4, -0.2) is 37.1 Å². The second-order valence-electron chi connectivity index (χ2n) is 5.83. The Bertz CT molecular complexity index is 754. The number of hydrogen-bond donors (Lipinski definition) is 1. The average molecular weight is 323 g/mol. The molecule has 122 valence electrons. The summed E-state index contributed by atoms with van der Waals surface area (Å²) < 4.78 is 11.2. The molecule has 2 aliphatic heterocycles. The van der Waals surface area contributed by atoms with E-state index in [0.717, 1.165) is 0 Å². The molecule has 0 spiro atoms. The summed E-state index contributed by atoms with van der Waals surface area (Å²) >= 11 is 0. The van der Waals surface area contributed by atoms with Crippen LogP contribution in [0.4, 0.5) is 0 Å². The summed E-state index contributed by atoms with van der Waals surface area (Å²) in [5.41, 5.74) is 2.53. The van der Waals surface area contributed by atoms with E-state index >= 15 is 0 Å². The number of carbonyl (C=O) groups is 1. The van der Waals surface area contributed by atoms with E-state index in [-0.39, 0.29) is 30.4 Å². The van der Waals surface area contributed by atoms with Crippen LogP contribution in [0.2, 0.25) is 0 Å². The number of carbonyl (C=O) groups excluding carboxylic acids is 1. The summed E-state index contributed by atoms with van der Waals surface area (Å²) in [6, 6.07) is 7.45. The number of hydrazone groups is 1. The lowest BCUT2D eigenvalue weighted by molar-refractivity contribution is -0.130. The lowest BCUT2D eigenvalue weighted by Crippen LogP contribution is -2.42. The van der Waals surface area contributed by atoms with Gasteiger partial charge in [-0.1, -0.05) is 36.4 Å². The van der Waals surface area contributed by atoms with Crippen molar-refractivity contribution >= 4 is 18.3 Å². The molecule has 0 bridgehead atoms. The number of ether oxygens (including phenoxy) is 2. The maximum atomic E-state index is 12.2. The molecule has 3 aliphatic rings. The molecule has 6 nitrogen and oxygen atoms in total. The van der Waals surface area contributed by atoms with Gasteiger partial charge in [0.1, 0.15) is 6.61 Å². The van der Waals surface area contributed by atoms with Crippen LogP contribution in [0.15, 0.2) is 58.7 Å². The van der Waals surface area contributed by atoms with E-state index in [1.807, 2.05) is 36.6 Å². The number of amides is 1. The molecule has 0 saturated heterocycles. The van der Waals surface area contributed by atoms with E-state index in [4.69, 9.17) is 9.47 Å². The van der Waals surface area contributed by atoms with Crippen molar-refractivity contribution in [2.24, 2.45) is 21.9 Å². The van der Waals surface area contributed by atoms with Gasteiger partial charge in [-0.25, -0.2) is 5.43 Å². The number of rotatable bonds is 3. The Morgan fingerprint density at radius 3 is 3.00 bits per heavy atom. The van der Waals surface area contributed by atoms with Crippen molar-refractivity contribution in [2.45, 2.75) is 12.1 Å². The van der Waals surface area contributed by atoms with Crippen molar-refractivity contribution in [3.63, 3.8) is 0 Å². The molecule has 1 amide bonds. The van der Waals surface area contributed by atoms with E-state index < -0.39 is 6.10 Å². The lowest BCUT2D eigenvalue weighted by Gasteiger charge is -2.24. The molecule has 6 heteroatoms. The third-order valence-corrected chi connectivity index (χ3v) is 4.24. The van der Waals surface area contributed by atoms with Gasteiger partial charge >= 0.3 is 0 Å². The van der Waals surface area contributed by atoms with Crippen molar-refractivity contribution in [1.29, 1.82) is 0 Å². The first-order chi connectivity index (χ1) is 11.8. The van der Waals surface area contributed by atoms with Crippen LogP contribution in [0, 0.1) is 11.8 Å². The maximum Gasteiger partial charge on any atom is 0.284 e. The number of nitrogens with one attached hydrogen (secondary N) is 1. The summed E-state index contributed by atoms with van der Waals surface area (Å²) in [5, 5.41) is 4.07. The zero-order valence-corrected chi connectivity index (χ0v) is 12.9. The quantitative estimate of drug-likeness (QED) is 0.680. The minimum absolute atomic E-state index is 0.0840. The van der Waals surface area contributed by atoms with Crippen LogP contribution in [0.1, 0.15) is 0 Å². The molecule has 0 saturated carbocycles. The highest BCUT2D eigenvalue weighted by Gasteiger charge is 2.30. The first kappa shape index (κ1) is 14.7. The number of benzene rings is 1. The van der Waals surface area contributed by atoms with Crippen molar-refractivity contribution in [3.8, 4) is 11.5 Å². The molecule has 1 N–H and O–H groups in total. The molecule has 0 radical (unpaired) electrons. The number of allylic oxidation sites excluding steroid dienone is 2. The van der Waals surface area contributed by atoms with Crippen molar-refractivity contribution in [3.05, 3.63) is 48.6 Å². The van der Waals surface area contributed by atoms with E-state index in [2.05, 4.69) is 27.7 Å². The van der Waals surface area contributed by atoms with Gasteiger partial charge < -0.3 is 9.47 Å². The standard InChI is InChI=1S/C18H17N3O3/c22-18(17-11-23-15-7-3-4-8-16(15)24-17)21-20-10-12-9-19-14-6-2-1-5-13(12)14/h1-10,12-14,17H,11H2,(H,21,22)/b20-10+. The molecule has 1 aromatic carbocycles. The van der Waals surface area contributed by atoms with Gasteiger partial charge in [0.25, 0.3) is 5.91 Å². The first-order valence-corrected chi connectivity index (χ1v) is 7.91. The van der Waals surface area contributed by atoms with Crippen LogP contribution in [0.25, 0.3) is 0 Å². The zero-order chi connectivity index (χ0) is 16.4. The molecule has 4 rings (SSSR count). The monoisotopic (exact) mass is 323 g/mol. The molecule has 1 aliphatic carbocycles. The topological polar surface area (TPSA) is 72.3 Å². The Labute approximate surface area is 139 Å². The minimum Gasteiger partial charge on any atom is -0.485 e. The van der Waals surface area contributed by atoms with Gasteiger partial charge in [-0.15, -0.1) is 0 Å². The van der Waals surface area contributed by atoms with Crippen LogP contribution < -0.4 is 14.9 Å². The van der Waals surface area contributed by atoms with Gasteiger partial charge in [0.15, 0.2) is 11.5 Å². The second kappa shape index (κ2) is 6.31. The molecule has 0 fully saturated rings. The molecule has 1 aromatic rings. The van der Waals surface area contributed by atoms with Gasteiger partial charge in [-0.05, 0) is 12.1 Å². The van der Waals surface area contributed by atoms with Crippen molar-refractivity contribution < 1.29 is 14.3 Å². The summed E-state index contributed by atoms with van der Waals surface area (Å²) in [5.74, 6) is 1.25. The Balaban J connectivity index is 1.33. The predicted octanol–water partition coefficient (Wildman–Crippen LogP) is 1.74.